The Bertz CT molecular complexity index is 1360. The molecule has 1 unspecified atom stereocenters. The number of rotatable bonds is 6. The maximum atomic E-state index is 13.8. The molecule has 2 fully saturated rings. The molecule has 9 nitrogen and oxygen atoms in total. The van der Waals surface area contributed by atoms with E-state index >= 15 is 0 Å². The van der Waals surface area contributed by atoms with Gasteiger partial charge < -0.3 is 0 Å². The zero-order chi connectivity index (χ0) is 24.8. The molecule has 0 aromatic heterocycles. The Kier molecular flexibility index (Phi) is 6.80. The molecular formula is C21H21Cl2N3O6S2. The first-order valence-corrected chi connectivity index (χ1v) is 14.1. The van der Waals surface area contributed by atoms with E-state index in [1.165, 1.54) is 42.5 Å². The summed E-state index contributed by atoms with van der Waals surface area (Å²) in [6.45, 7) is 0. The topological polar surface area (TPSA) is 135 Å². The lowest BCUT2D eigenvalue weighted by Gasteiger charge is -2.32. The van der Waals surface area contributed by atoms with Crippen LogP contribution in [0.25, 0.3) is 0 Å². The lowest BCUT2D eigenvalue weighted by atomic mass is 10.2. The number of hydrogen-bond donors (Lipinski definition) is 1. The van der Waals surface area contributed by atoms with Crippen LogP contribution in [-0.2, 0) is 29.6 Å². The number of carbonyl (C=O) groups is 2. The number of sulfonamides is 2. The first-order chi connectivity index (χ1) is 15.9. The molecule has 2 amide bonds. The van der Waals surface area contributed by atoms with Gasteiger partial charge in [-0.2, -0.15) is 4.31 Å². The Morgan fingerprint density at radius 2 is 1.56 bits per heavy atom. The monoisotopic (exact) mass is 545 g/mol. The minimum Gasteiger partial charge on any atom is -0.274 e. The van der Waals surface area contributed by atoms with E-state index in [4.69, 9.17) is 28.3 Å². The third kappa shape index (κ3) is 4.60. The van der Waals surface area contributed by atoms with Crippen molar-refractivity contribution in [1.29, 1.82) is 0 Å². The average molecular weight is 546 g/mol. The van der Waals surface area contributed by atoms with Crippen LogP contribution in [0.3, 0.4) is 0 Å². The first-order valence-electron chi connectivity index (χ1n) is 10.4. The fourth-order valence-corrected chi connectivity index (χ4v) is 7.52. The molecular weight excluding hydrogens is 525 g/mol. The molecule has 1 saturated heterocycles. The molecule has 2 aromatic carbocycles. The van der Waals surface area contributed by atoms with Gasteiger partial charge >= 0.3 is 0 Å². The van der Waals surface area contributed by atoms with Gasteiger partial charge in [0.2, 0.25) is 26.0 Å². The molecule has 4 rings (SSSR count). The number of primary sulfonamides is 1. The van der Waals surface area contributed by atoms with Crippen LogP contribution in [0.4, 0.5) is 5.69 Å². The largest absolute Gasteiger partial charge is 0.274 e. The molecule has 0 radical (unpaired) electrons. The number of anilines is 1. The summed E-state index contributed by atoms with van der Waals surface area (Å²) >= 11 is 12.2. The summed E-state index contributed by atoms with van der Waals surface area (Å²) in [6.07, 6.45) is 2.29. The quantitative estimate of drug-likeness (QED) is 0.554. The number of hydrogen-bond acceptors (Lipinski definition) is 6. The van der Waals surface area contributed by atoms with Crippen molar-refractivity contribution >= 4 is 60.8 Å². The van der Waals surface area contributed by atoms with Gasteiger partial charge in [-0.05, 0) is 55.3 Å². The standard InChI is InChI=1S/C21H21Cl2N3O6S2/c22-13-5-10-17(23)19(11-13)34(31,32)26(15-3-1-2-4-15)18-12-20(27)25(21(18)28)14-6-8-16(9-7-14)33(24,29)30/h5-11,15,18H,1-4,12H2,(H2,24,29,30). The minimum absolute atomic E-state index is 0.0420. The van der Waals surface area contributed by atoms with Crippen LogP contribution < -0.4 is 10.0 Å². The van der Waals surface area contributed by atoms with E-state index in [2.05, 4.69) is 0 Å². The maximum Gasteiger partial charge on any atom is 0.252 e. The summed E-state index contributed by atoms with van der Waals surface area (Å²) in [6, 6.07) is 7.21. The summed E-state index contributed by atoms with van der Waals surface area (Å²) in [5.74, 6) is -1.32. The average Bonchev–Trinajstić information content (AvgIpc) is 3.38. The Morgan fingerprint density at radius 1 is 0.941 bits per heavy atom. The number of imide groups is 1. The summed E-state index contributed by atoms with van der Waals surface area (Å²) in [7, 11) is -8.25. The predicted octanol–water partition coefficient (Wildman–Crippen LogP) is 2.91. The zero-order valence-corrected chi connectivity index (χ0v) is 20.9. The van der Waals surface area contributed by atoms with Gasteiger partial charge in [-0.1, -0.05) is 36.0 Å². The Labute approximate surface area is 207 Å². The SMILES string of the molecule is NS(=O)(=O)c1ccc(N2C(=O)CC(N(C3CCCC3)S(=O)(=O)c3cc(Cl)ccc3Cl)C2=O)cc1. The van der Waals surface area contributed by atoms with Gasteiger partial charge in [-0.3, -0.25) is 9.59 Å². The van der Waals surface area contributed by atoms with Crippen LogP contribution in [-0.4, -0.2) is 45.0 Å². The molecule has 182 valence electrons. The Balaban J connectivity index is 1.74. The van der Waals surface area contributed by atoms with E-state index in [-0.39, 0.29) is 31.9 Å². The molecule has 2 aliphatic rings. The minimum atomic E-state index is -4.29. The van der Waals surface area contributed by atoms with E-state index in [0.29, 0.717) is 12.8 Å². The molecule has 2 aromatic rings. The van der Waals surface area contributed by atoms with E-state index in [1.807, 2.05) is 0 Å². The van der Waals surface area contributed by atoms with Crippen molar-refractivity contribution < 1.29 is 26.4 Å². The van der Waals surface area contributed by atoms with Gasteiger partial charge in [-0.15, -0.1) is 0 Å². The fraction of sp³-hybridized carbons (Fsp3) is 0.333. The molecule has 0 spiro atoms. The lowest BCUT2D eigenvalue weighted by Crippen LogP contribution is -2.49. The number of halogens is 2. The normalized spacial score (nSPS) is 20.0. The van der Waals surface area contributed by atoms with Crippen molar-refractivity contribution in [3.05, 3.63) is 52.5 Å². The second-order valence-electron chi connectivity index (χ2n) is 8.17. The lowest BCUT2D eigenvalue weighted by molar-refractivity contribution is -0.122. The molecule has 1 aliphatic carbocycles. The second kappa shape index (κ2) is 9.21. The Morgan fingerprint density at radius 3 is 2.15 bits per heavy atom. The van der Waals surface area contributed by atoms with Crippen LogP contribution in [0, 0.1) is 0 Å². The molecule has 13 heteroatoms. The van der Waals surface area contributed by atoms with Crippen molar-refractivity contribution in [2.75, 3.05) is 4.90 Å². The van der Waals surface area contributed by atoms with Crippen molar-refractivity contribution in [3.8, 4) is 0 Å². The molecule has 1 heterocycles. The fourth-order valence-electron chi connectivity index (χ4n) is 4.44. The molecule has 1 saturated carbocycles. The molecule has 0 bridgehead atoms. The third-order valence-electron chi connectivity index (χ3n) is 5.99. The van der Waals surface area contributed by atoms with E-state index in [9.17, 15) is 26.4 Å². The van der Waals surface area contributed by atoms with Crippen molar-refractivity contribution in [1.82, 2.24) is 4.31 Å². The van der Waals surface area contributed by atoms with Crippen LogP contribution >= 0.6 is 23.2 Å². The third-order valence-corrected chi connectivity index (χ3v) is 9.59. The summed E-state index contributed by atoms with van der Waals surface area (Å²) in [5.41, 5.74) is 0.120. The van der Waals surface area contributed by atoms with Crippen molar-refractivity contribution in [3.63, 3.8) is 0 Å². The first kappa shape index (κ1) is 25.1. The van der Waals surface area contributed by atoms with E-state index in [1.54, 1.807) is 0 Å². The Hall–Kier alpha value is -2.02. The maximum absolute atomic E-state index is 13.8. The summed E-state index contributed by atoms with van der Waals surface area (Å²) in [4.78, 5) is 26.8. The number of carbonyl (C=O) groups excluding carboxylic acids is 2. The highest BCUT2D eigenvalue weighted by Crippen LogP contribution is 2.38. The molecule has 2 N–H and O–H groups in total. The second-order valence-corrected chi connectivity index (χ2v) is 12.4. The zero-order valence-electron chi connectivity index (χ0n) is 17.7. The van der Waals surface area contributed by atoms with Crippen LogP contribution in [0.5, 0.6) is 0 Å². The van der Waals surface area contributed by atoms with Crippen molar-refractivity contribution in [2.24, 2.45) is 5.14 Å². The highest BCUT2D eigenvalue weighted by Gasteiger charge is 2.50. The van der Waals surface area contributed by atoms with Crippen LogP contribution in [0.15, 0.2) is 52.3 Å². The number of nitrogens with two attached hydrogens (primary N) is 1. The van der Waals surface area contributed by atoms with E-state index in [0.717, 1.165) is 22.0 Å². The predicted molar refractivity (Wildman–Crippen MR) is 126 cm³/mol. The van der Waals surface area contributed by atoms with Crippen LogP contribution in [0.2, 0.25) is 10.0 Å². The molecule has 1 atom stereocenters. The number of nitrogens with zero attached hydrogens (tertiary/aromatic N) is 2. The summed E-state index contributed by atoms with van der Waals surface area (Å²) in [5, 5.41) is 5.23. The smallest absolute Gasteiger partial charge is 0.252 e. The van der Waals surface area contributed by atoms with Gasteiger partial charge in [0.1, 0.15) is 10.9 Å². The van der Waals surface area contributed by atoms with Crippen molar-refractivity contribution in [2.45, 2.75) is 54.0 Å². The number of amides is 2. The van der Waals surface area contributed by atoms with E-state index < -0.39 is 43.9 Å². The van der Waals surface area contributed by atoms with Gasteiger partial charge in [0, 0.05) is 11.1 Å². The van der Waals surface area contributed by atoms with Gasteiger partial charge in [0.25, 0.3) is 5.91 Å². The highest BCUT2D eigenvalue weighted by atomic mass is 35.5. The number of benzene rings is 2. The summed E-state index contributed by atoms with van der Waals surface area (Å²) < 4.78 is 51.6. The molecule has 34 heavy (non-hydrogen) atoms. The van der Waals surface area contributed by atoms with Gasteiger partial charge in [-0.25, -0.2) is 26.9 Å². The van der Waals surface area contributed by atoms with Crippen LogP contribution in [0.1, 0.15) is 32.1 Å². The van der Waals surface area contributed by atoms with Gasteiger partial charge in [0.05, 0.1) is 22.0 Å². The van der Waals surface area contributed by atoms with Gasteiger partial charge in [0.15, 0.2) is 0 Å². The highest BCUT2D eigenvalue weighted by molar-refractivity contribution is 7.89. The molecule has 1 aliphatic heterocycles.